The number of benzene rings is 1. The van der Waals surface area contributed by atoms with Crippen LogP contribution in [0.2, 0.25) is 0 Å². The summed E-state index contributed by atoms with van der Waals surface area (Å²) in [6.07, 6.45) is 0.753. The van der Waals surface area contributed by atoms with Crippen LogP contribution in [0.1, 0.15) is 44.9 Å². The predicted octanol–water partition coefficient (Wildman–Crippen LogP) is 4.40. The molecule has 1 aliphatic carbocycles. The van der Waals surface area contributed by atoms with Crippen molar-refractivity contribution in [3.63, 3.8) is 0 Å². The lowest BCUT2D eigenvalue weighted by Crippen LogP contribution is -2.39. The molecule has 0 radical (unpaired) electrons. The Morgan fingerprint density at radius 2 is 1.79 bits per heavy atom. The number of morpholine rings is 1. The van der Waals surface area contributed by atoms with Crippen LogP contribution in [0.4, 0.5) is 25.3 Å². The highest BCUT2D eigenvalue weighted by atomic mass is 19.3. The van der Waals surface area contributed by atoms with E-state index in [1.54, 1.807) is 30.3 Å². The second-order valence-electron chi connectivity index (χ2n) is 10.5. The van der Waals surface area contributed by atoms with Gasteiger partial charge in [-0.2, -0.15) is 9.97 Å². The molecule has 1 unspecified atom stereocenters. The molecule has 2 saturated heterocycles. The van der Waals surface area contributed by atoms with Crippen LogP contribution < -0.4 is 10.2 Å². The molecule has 2 aliphatic heterocycles. The highest BCUT2D eigenvalue weighted by Crippen LogP contribution is 2.32. The number of carbonyl (C=O) groups excluding carboxylic acids is 1. The van der Waals surface area contributed by atoms with Gasteiger partial charge in [0.2, 0.25) is 5.95 Å². The van der Waals surface area contributed by atoms with E-state index in [0.717, 1.165) is 25.7 Å². The molecule has 10 nitrogen and oxygen atoms in total. The van der Waals surface area contributed by atoms with Crippen LogP contribution in [0.15, 0.2) is 30.3 Å². The minimum absolute atomic E-state index is 0.0554. The Labute approximate surface area is 225 Å². The van der Waals surface area contributed by atoms with Crippen LogP contribution in [0, 0.1) is 5.92 Å². The number of fused-ring (bicyclic) bond motifs is 1. The standard InChI is InChI=1S/C27H33F2N7O3/c1-17-16-35(27(37)39-17)19-8-6-18(7-9-19)15-30-26-32-22(34-10-12-38-13-11-34)14-23(33-26)36-21-5-3-2-4-20(21)31-25(36)24(28)29/h2-5,14,17-19,24H,6-13,15-16H2,1H3,(H,30,32,33). The van der Waals surface area contributed by atoms with E-state index in [9.17, 15) is 13.6 Å². The van der Waals surface area contributed by atoms with Crippen molar-refractivity contribution in [2.24, 2.45) is 5.92 Å². The van der Waals surface area contributed by atoms with Crippen LogP contribution in [0.3, 0.4) is 0 Å². The Morgan fingerprint density at radius 1 is 1.05 bits per heavy atom. The maximum atomic E-state index is 14.1. The molecule has 4 heterocycles. The van der Waals surface area contributed by atoms with Gasteiger partial charge in [0.15, 0.2) is 5.82 Å². The third-order valence-corrected chi connectivity index (χ3v) is 7.84. The second-order valence-corrected chi connectivity index (χ2v) is 10.5. The number of nitrogens with one attached hydrogen (secondary N) is 1. The first-order valence-corrected chi connectivity index (χ1v) is 13.6. The number of amides is 1. The summed E-state index contributed by atoms with van der Waals surface area (Å²) >= 11 is 0. The second kappa shape index (κ2) is 10.9. The molecule has 3 fully saturated rings. The summed E-state index contributed by atoms with van der Waals surface area (Å²) < 4.78 is 40.4. The zero-order chi connectivity index (χ0) is 26.9. The molecule has 3 aliphatic rings. The summed E-state index contributed by atoms with van der Waals surface area (Å²) in [4.78, 5) is 29.7. The first kappa shape index (κ1) is 25.7. The van der Waals surface area contributed by atoms with Crippen LogP contribution in [-0.4, -0.2) is 82.1 Å². The molecule has 208 valence electrons. The number of aromatic nitrogens is 4. The number of rotatable bonds is 7. The van der Waals surface area contributed by atoms with Gasteiger partial charge < -0.3 is 24.6 Å². The van der Waals surface area contributed by atoms with Gasteiger partial charge in [0.05, 0.1) is 30.8 Å². The SMILES string of the molecule is CC1CN(C2CCC(CNc3nc(N4CCOCC4)cc(-n4c(C(F)F)nc5ccccc54)n3)CC2)C(=O)O1. The molecule has 1 atom stereocenters. The first-order chi connectivity index (χ1) is 19.0. The van der Waals surface area contributed by atoms with Crippen LogP contribution in [0.25, 0.3) is 16.9 Å². The zero-order valence-electron chi connectivity index (χ0n) is 21.9. The quantitative estimate of drug-likeness (QED) is 0.470. The van der Waals surface area contributed by atoms with E-state index >= 15 is 0 Å². The molecule has 2 aromatic heterocycles. The van der Waals surface area contributed by atoms with Gasteiger partial charge in [-0.1, -0.05) is 12.1 Å². The Bertz CT molecular complexity index is 1320. The summed E-state index contributed by atoms with van der Waals surface area (Å²) in [6, 6.07) is 9.04. The molecule has 3 aromatic rings. The molecule has 1 amide bonds. The number of para-hydroxylation sites is 2. The average molecular weight is 542 g/mol. The van der Waals surface area contributed by atoms with Gasteiger partial charge in [-0.3, -0.25) is 4.57 Å². The molecule has 0 bridgehead atoms. The molecule has 1 saturated carbocycles. The highest BCUT2D eigenvalue weighted by Gasteiger charge is 2.36. The van der Waals surface area contributed by atoms with Crippen LogP contribution in [0.5, 0.6) is 0 Å². The minimum Gasteiger partial charge on any atom is -0.444 e. The van der Waals surface area contributed by atoms with Gasteiger partial charge >= 0.3 is 6.09 Å². The summed E-state index contributed by atoms with van der Waals surface area (Å²) in [5.74, 6) is 1.45. The summed E-state index contributed by atoms with van der Waals surface area (Å²) in [6.45, 7) is 5.69. The Hall–Kier alpha value is -3.54. The molecule has 0 spiro atoms. The van der Waals surface area contributed by atoms with E-state index in [0.29, 0.717) is 73.9 Å². The lowest BCUT2D eigenvalue weighted by molar-refractivity contribution is 0.122. The van der Waals surface area contributed by atoms with E-state index in [2.05, 4.69) is 20.2 Å². The maximum absolute atomic E-state index is 14.1. The normalized spacial score (nSPS) is 24.0. The van der Waals surface area contributed by atoms with E-state index in [1.165, 1.54) is 4.57 Å². The topological polar surface area (TPSA) is 97.6 Å². The minimum atomic E-state index is -2.76. The number of ether oxygens (including phenoxy) is 2. The third kappa shape index (κ3) is 5.34. The number of halogens is 2. The summed E-state index contributed by atoms with van der Waals surface area (Å²) in [7, 11) is 0. The Kier molecular flexibility index (Phi) is 7.20. The van der Waals surface area contributed by atoms with Gasteiger partial charge in [0.25, 0.3) is 6.43 Å². The Morgan fingerprint density at radius 3 is 2.51 bits per heavy atom. The number of nitrogens with zero attached hydrogens (tertiary/aromatic N) is 6. The van der Waals surface area contributed by atoms with E-state index in [-0.39, 0.29) is 24.1 Å². The van der Waals surface area contributed by atoms with Gasteiger partial charge in [-0.15, -0.1) is 0 Å². The number of cyclic esters (lactones) is 1. The van der Waals surface area contributed by atoms with Crippen molar-refractivity contribution in [3.05, 3.63) is 36.2 Å². The lowest BCUT2D eigenvalue weighted by Gasteiger charge is -2.33. The number of anilines is 2. The van der Waals surface area contributed by atoms with Crippen molar-refractivity contribution in [1.29, 1.82) is 0 Å². The lowest BCUT2D eigenvalue weighted by atomic mass is 9.85. The number of carbonyl (C=O) groups is 1. The van der Waals surface area contributed by atoms with E-state index < -0.39 is 6.43 Å². The average Bonchev–Trinajstić information content (AvgIpc) is 3.52. The van der Waals surface area contributed by atoms with Gasteiger partial charge in [0, 0.05) is 31.7 Å². The highest BCUT2D eigenvalue weighted by molar-refractivity contribution is 5.78. The fourth-order valence-corrected chi connectivity index (χ4v) is 5.82. The molecule has 6 rings (SSSR count). The number of imidazole rings is 1. The fraction of sp³-hybridized carbons (Fsp3) is 0.556. The van der Waals surface area contributed by atoms with Crippen LogP contribution >= 0.6 is 0 Å². The van der Waals surface area contributed by atoms with Crippen molar-refractivity contribution in [3.8, 4) is 5.82 Å². The summed E-state index contributed by atoms with van der Waals surface area (Å²) in [5, 5.41) is 3.39. The zero-order valence-corrected chi connectivity index (χ0v) is 21.9. The van der Waals surface area contributed by atoms with E-state index in [1.807, 2.05) is 11.8 Å². The van der Waals surface area contributed by atoms with Crippen molar-refractivity contribution >= 4 is 28.9 Å². The predicted molar refractivity (Wildman–Crippen MR) is 142 cm³/mol. The molecular formula is C27H33F2N7O3. The monoisotopic (exact) mass is 541 g/mol. The van der Waals surface area contributed by atoms with Crippen molar-refractivity contribution in [1.82, 2.24) is 24.4 Å². The van der Waals surface area contributed by atoms with Gasteiger partial charge in [-0.05, 0) is 50.7 Å². The summed E-state index contributed by atoms with van der Waals surface area (Å²) in [5.41, 5.74) is 1.06. The van der Waals surface area contributed by atoms with Crippen molar-refractivity contribution in [2.45, 2.75) is 51.2 Å². The van der Waals surface area contributed by atoms with Gasteiger partial charge in [-0.25, -0.2) is 18.6 Å². The number of alkyl halides is 2. The largest absolute Gasteiger partial charge is 0.444 e. The molecule has 12 heteroatoms. The fourth-order valence-electron chi connectivity index (χ4n) is 5.82. The van der Waals surface area contributed by atoms with Crippen molar-refractivity contribution < 1.29 is 23.0 Å². The third-order valence-electron chi connectivity index (χ3n) is 7.84. The molecule has 1 N–H and O–H groups in total. The van der Waals surface area contributed by atoms with Crippen LogP contribution in [-0.2, 0) is 9.47 Å². The van der Waals surface area contributed by atoms with E-state index in [4.69, 9.17) is 14.5 Å². The maximum Gasteiger partial charge on any atom is 0.410 e. The Balaban J connectivity index is 1.23. The number of hydrogen-bond donors (Lipinski definition) is 1. The smallest absolute Gasteiger partial charge is 0.410 e. The molecule has 1 aromatic carbocycles. The van der Waals surface area contributed by atoms with Crippen molar-refractivity contribution in [2.75, 3.05) is 49.6 Å². The first-order valence-electron chi connectivity index (χ1n) is 13.6. The molecule has 39 heavy (non-hydrogen) atoms. The van der Waals surface area contributed by atoms with Gasteiger partial charge in [0.1, 0.15) is 17.7 Å². The number of hydrogen-bond acceptors (Lipinski definition) is 8. The molecular weight excluding hydrogens is 508 g/mol.